The van der Waals surface area contributed by atoms with Crippen LogP contribution >= 0.6 is 0 Å². The number of amides is 1. The molecule has 1 saturated heterocycles. The minimum atomic E-state index is -3.62. The number of benzene rings is 2. The largest absolute Gasteiger partial charge is 0.307 e. The number of carbonyl (C=O) groups excluding carboxylic acids is 1. The molecule has 0 radical (unpaired) electrons. The van der Waals surface area contributed by atoms with Crippen LogP contribution in [-0.2, 0) is 23.0 Å². The predicted molar refractivity (Wildman–Crippen MR) is 129 cm³/mol. The Bertz CT molecular complexity index is 1190. The van der Waals surface area contributed by atoms with E-state index in [1.165, 1.54) is 15.9 Å². The first-order valence-corrected chi connectivity index (χ1v) is 12.9. The number of sulfonamides is 1. The summed E-state index contributed by atoms with van der Waals surface area (Å²) in [4.78, 5) is 13.1. The van der Waals surface area contributed by atoms with Gasteiger partial charge in [0.15, 0.2) is 0 Å². The molecule has 0 unspecified atom stereocenters. The van der Waals surface area contributed by atoms with E-state index in [1.807, 2.05) is 0 Å². The van der Waals surface area contributed by atoms with Gasteiger partial charge in [-0.1, -0.05) is 50.1 Å². The maximum Gasteiger partial charge on any atom is 0.256 e. The zero-order valence-electron chi connectivity index (χ0n) is 18.9. The van der Waals surface area contributed by atoms with Crippen LogP contribution in [0.5, 0.6) is 0 Å². The molecule has 1 amide bonds. The summed E-state index contributed by atoms with van der Waals surface area (Å²) in [5.74, 6) is 0.186. The molecule has 0 bridgehead atoms. The number of nitrogens with zero attached hydrogens (tertiary/aromatic N) is 3. The van der Waals surface area contributed by atoms with Crippen LogP contribution in [0.3, 0.4) is 0 Å². The van der Waals surface area contributed by atoms with Crippen molar-refractivity contribution in [2.24, 2.45) is 0 Å². The Kier molecular flexibility index (Phi) is 7.25. The fourth-order valence-corrected chi connectivity index (χ4v) is 5.60. The van der Waals surface area contributed by atoms with E-state index in [2.05, 4.69) is 41.6 Å². The second-order valence-electron chi connectivity index (χ2n) is 8.34. The number of hydrogen-bond donors (Lipinski definition) is 1. The van der Waals surface area contributed by atoms with Crippen LogP contribution in [-0.4, -0.2) is 41.5 Å². The Morgan fingerprint density at radius 2 is 1.67 bits per heavy atom. The lowest BCUT2D eigenvalue weighted by molar-refractivity contribution is 0.102. The molecule has 1 fully saturated rings. The van der Waals surface area contributed by atoms with Gasteiger partial charge in [-0.15, -0.1) is 0 Å². The van der Waals surface area contributed by atoms with Gasteiger partial charge >= 0.3 is 0 Å². The maximum absolute atomic E-state index is 13.1. The fraction of sp³-hybridized carbons (Fsp3) is 0.360. The fourth-order valence-electron chi connectivity index (χ4n) is 4.04. The smallest absolute Gasteiger partial charge is 0.256 e. The quantitative estimate of drug-likeness (QED) is 0.562. The van der Waals surface area contributed by atoms with Crippen LogP contribution in [0.1, 0.15) is 54.1 Å². The first-order chi connectivity index (χ1) is 16.0. The maximum atomic E-state index is 13.1. The van der Waals surface area contributed by atoms with Crippen molar-refractivity contribution in [2.75, 3.05) is 18.4 Å². The third-order valence-corrected chi connectivity index (χ3v) is 7.92. The summed E-state index contributed by atoms with van der Waals surface area (Å²) in [6.45, 7) is 3.69. The number of aromatic nitrogens is 2. The lowest BCUT2D eigenvalue weighted by Gasteiger charge is -2.20. The molecule has 8 heteroatoms. The minimum absolute atomic E-state index is 0.154. The van der Waals surface area contributed by atoms with Gasteiger partial charge < -0.3 is 5.32 Å². The molecule has 0 aliphatic carbocycles. The second kappa shape index (κ2) is 10.3. The van der Waals surface area contributed by atoms with Gasteiger partial charge in [0.1, 0.15) is 5.82 Å². The zero-order valence-corrected chi connectivity index (χ0v) is 19.7. The third kappa shape index (κ3) is 5.51. The lowest BCUT2D eigenvalue weighted by Crippen LogP contribution is -2.32. The average molecular weight is 467 g/mol. The molecule has 0 saturated carbocycles. The van der Waals surface area contributed by atoms with Gasteiger partial charge in [0.05, 0.1) is 17.6 Å². The first kappa shape index (κ1) is 23.2. The third-order valence-electron chi connectivity index (χ3n) is 6.02. The molecule has 2 aromatic carbocycles. The highest BCUT2D eigenvalue weighted by Gasteiger charge is 2.26. The number of aryl methyl sites for hydroxylation is 1. The van der Waals surface area contributed by atoms with E-state index < -0.39 is 10.0 Å². The normalized spacial score (nSPS) is 15.2. The van der Waals surface area contributed by atoms with Gasteiger partial charge in [-0.2, -0.15) is 9.40 Å². The zero-order chi connectivity index (χ0) is 23.3. The van der Waals surface area contributed by atoms with Gasteiger partial charge in [0.25, 0.3) is 5.91 Å². The Labute approximate surface area is 195 Å². The standard InChI is InChI=1S/C25H30N4O3S/c1-2-20-10-12-21(13-11-20)19-29-24(14-15-26-29)27-25(30)22-8-7-9-23(18-22)33(31,32)28-16-5-3-4-6-17-28/h7-15,18H,2-6,16-17,19H2,1H3,(H,27,30). The molecular weight excluding hydrogens is 436 g/mol. The van der Waals surface area contributed by atoms with E-state index in [-0.39, 0.29) is 10.8 Å². The van der Waals surface area contributed by atoms with E-state index in [0.29, 0.717) is 31.0 Å². The monoisotopic (exact) mass is 466 g/mol. The number of anilines is 1. The molecule has 4 rings (SSSR count). The molecule has 33 heavy (non-hydrogen) atoms. The average Bonchev–Trinajstić information content (AvgIpc) is 3.08. The predicted octanol–water partition coefficient (Wildman–Crippen LogP) is 4.31. The molecule has 7 nitrogen and oxygen atoms in total. The van der Waals surface area contributed by atoms with Crippen LogP contribution in [0, 0.1) is 0 Å². The van der Waals surface area contributed by atoms with Gasteiger partial charge in [-0.05, 0) is 48.6 Å². The lowest BCUT2D eigenvalue weighted by atomic mass is 10.1. The molecule has 1 aliphatic rings. The van der Waals surface area contributed by atoms with E-state index in [9.17, 15) is 13.2 Å². The number of hydrogen-bond acceptors (Lipinski definition) is 4. The second-order valence-corrected chi connectivity index (χ2v) is 10.3. The van der Waals surface area contributed by atoms with Crippen LogP contribution < -0.4 is 5.32 Å². The van der Waals surface area contributed by atoms with E-state index in [0.717, 1.165) is 37.7 Å². The summed E-state index contributed by atoms with van der Waals surface area (Å²) in [5.41, 5.74) is 2.64. The molecule has 0 spiro atoms. The number of nitrogens with one attached hydrogen (secondary N) is 1. The van der Waals surface area contributed by atoms with E-state index in [1.54, 1.807) is 35.1 Å². The van der Waals surface area contributed by atoms with E-state index >= 15 is 0 Å². The van der Waals surface area contributed by atoms with Gasteiger partial charge in [0, 0.05) is 24.7 Å². The van der Waals surface area contributed by atoms with Crippen LogP contribution in [0.2, 0.25) is 0 Å². The van der Waals surface area contributed by atoms with Crippen molar-refractivity contribution in [3.05, 3.63) is 77.5 Å². The Balaban J connectivity index is 1.49. The summed E-state index contributed by atoms with van der Waals surface area (Å²) >= 11 is 0. The molecule has 3 aromatic rings. The minimum Gasteiger partial charge on any atom is -0.307 e. The highest BCUT2D eigenvalue weighted by Crippen LogP contribution is 2.22. The van der Waals surface area contributed by atoms with Crippen molar-refractivity contribution < 1.29 is 13.2 Å². The topological polar surface area (TPSA) is 84.3 Å². The molecular formula is C25H30N4O3S. The SMILES string of the molecule is CCc1ccc(Cn2nccc2NC(=O)c2cccc(S(=O)(=O)N3CCCCCC3)c2)cc1. The highest BCUT2D eigenvalue weighted by molar-refractivity contribution is 7.89. The van der Waals surface area contributed by atoms with Crippen LogP contribution in [0.4, 0.5) is 5.82 Å². The van der Waals surface area contributed by atoms with Crippen molar-refractivity contribution in [3.63, 3.8) is 0 Å². The Morgan fingerprint density at radius 3 is 2.36 bits per heavy atom. The summed E-state index contributed by atoms with van der Waals surface area (Å²) in [6, 6.07) is 16.3. The van der Waals surface area contributed by atoms with Crippen LogP contribution in [0.15, 0.2) is 65.7 Å². The summed E-state index contributed by atoms with van der Waals surface area (Å²) in [7, 11) is -3.62. The molecule has 1 N–H and O–H groups in total. The number of rotatable bonds is 7. The van der Waals surface area contributed by atoms with Gasteiger partial charge in [0.2, 0.25) is 10.0 Å². The summed E-state index contributed by atoms with van der Waals surface area (Å²) < 4.78 is 29.5. The Hall–Kier alpha value is -2.97. The van der Waals surface area contributed by atoms with Crippen molar-refractivity contribution in [3.8, 4) is 0 Å². The first-order valence-electron chi connectivity index (χ1n) is 11.5. The van der Waals surface area contributed by atoms with Gasteiger partial charge in [-0.25, -0.2) is 13.1 Å². The van der Waals surface area contributed by atoms with Crippen LogP contribution in [0.25, 0.3) is 0 Å². The number of carbonyl (C=O) groups is 1. The van der Waals surface area contributed by atoms with Crippen molar-refractivity contribution in [1.29, 1.82) is 0 Å². The van der Waals surface area contributed by atoms with Gasteiger partial charge in [-0.3, -0.25) is 4.79 Å². The van der Waals surface area contributed by atoms with Crippen molar-refractivity contribution >= 4 is 21.7 Å². The Morgan fingerprint density at radius 1 is 0.970 bits per heavy atom. The summed E-state index contributed by atoms with van der Waals surface area (Å²) in [6.07, 6.45) is 6.44. The molecule has 0 atom stereocenters. The summed E-state index contributed by atoms with van der Waals surface area (Å²) in [5, 5.41) is 7.20. The molecule has 1 aliphatic heterocycles. The molecule has 174 valence electrons. The van der Waals surface area contributed by atoms with Crippen molar-refractivity contribution in [2.45, 2.75) is 50.5 Å². The van der Waals surface area contributed by atoms with Crippen molar-refractivity contribution in [1.82, 2.24) is 14.1 Å². The highest BCUT2D eigenvalue weighted by atomic mass is 32.2. The molecule has 1 aromatic heterocycles. The molecule has 2 heterocycles. The van der Waals surface area contributed by atoms with E-state index in [4.69, 9.17) is 0 Å².